The molecule has 2 rings (SSSR count). The molecule has 2 atom stereocenters. The molecule has 1 aliphatic heterocycles. The zero-order valence-corrected chi connectivity index (χ0v) is 12.9. The highest BCUT2D eigenvalue weighted by Crippen LogP contribution is 2.29. The Bertz CT molecular complexity index is 454. The number of carbonyl (C=O) groups excluding carboxylic acids is 1. The molecule has 2 nitrogen and oxygen atoms in total. The smallest absolute Gasteiger partial charge is 0.223 e. The molecule has 2 unspecified atom stereocenters. The van der Waals surface area contributed by atoms with Crippen molar-refractivity contribution >= 4 is 21.8 Å². The monoisotopic (exact) mass is 321 g/mol. The summed E-state index contributed by atoms with van der Waals surface area (Å²) < 4.78 is 1.07. The van der Waals surface area contributed by atoms with Gasteiger partial charge in [-0.2, -0.15) is 0 Å². The first kappa shape index (κ1) is 14.3. The number of amides is 1. The Morgan fingerprint density at radius 1 is 1.47 bits per heavy atom. The molecular weight excluding hydrogens is 302 g/mol. The zero-order chi connectivity index (χ0) is 13.8. The molecule has 1 fully saturated rings. The first-order chi connectivity index (χ1) is 9.11. The molecule has 0 bridgehead atoms. The second-order valence-corrected chi connectivity index (χ2v) is 6.11. The molecule has 0 aliphatic carbocycles. The summed E-state index contributed by atoms with van der Waals surface area (Å²) >= 11 is 3.44. The quantitative estimate of drug-likeness (QED) is 0.756. The van der Waals surface area contributed by atoms with E-state index in [-0.39, 0.29) is 11.9 Å². The Hall–Kier alpha value is -1.09. The topological polar surface area (TPSA) is 20.3 Å². The van der Waals surface area contributed by atoms with Gasteiger partial charge in [0, 0.05) is 17.4 Å². The first-order valence-corrected chi connectivity index (χ1v) is 7.57. The number of rotatable bonds is 4. The van der Waals surface area contributed by atoms with Gasteiger partial charge in [0.15, 0.2) is 0 Å². The third-order valence-corrected chi connectivity index (χ3v) is 4.41. The van der Waals surface area contributed by atoms with E-state index < -0.39 is 0 Å². The molecule has 0 saturated carbocycles. The summed E-state index contributed by atoms with van der Waals surface area (Å²) in [5.41, 5.74) is 1.19. The molecule has 1 aliphatic rings. The number of piperidine rings is 1. The number of carbonyl (C=O) groups is 1. The lowest BCUT2D eigenvalue weighted by Gasteiger charge is -2.36. The van der Waals surface area contributed by atoms with Crippen LogP contribution in [0.25, 0.3) is 0 Å². The van der Waals surface area contributed by atoms with E-state index in [1.165, 1.54) is 5.56 Å². The van der Waals surface area contributed by atoms with Crippen LogP contribution in [0.5, 0.6) is 0 Å². The Kier molecular flexibility index (Phi) is 4.81. The van der Waals surface area contributed by atoms with Crippen molar-refractivity contribution < 1.29 is 4.79 Å². The highest BCUT2D eigenvalue weighted by atomic mass is 79.9. The third kappa shape index (κ3) is 3.47. The molecule has 0 N–H and O–H groups in total. The summed E-state index contributed by atoms with van der Waals surface area (Å²) in [6, 6.07) is 8.38. The molecule has 0 radical (unpaired) electrons. The van der Waals surface area contributed by atoms with Gasteiger partial charge < -0.3 is 4.90 Å². The molecule has 3 heteroatoms. The fourth-order valence-corrected chi connectivity index (χ4v) is 2.94. The van der Waals surface area contributed by atoms with Crippen LogP contribution in [-0.2, 0) is 4.79 Å². The van der Waals surface area contributed by atoms with Crippen LogP contribution in [0.4, 0.5) is 0 Å². The van der Waals surface area contributed by atoms with Gasteiger partial charge in [-0.15, -0.1) is 6.58 Å². The standard InChI is InChI=1S/C16H20BrNO/c1-3-4-13-9-10-18(16(19)11-13)12(2)14-5-7-15(17)8-6-14/h3,5-8,12-13H,1,4,9-11H2,2H3. The molecule has 0 aromatic heterocycles. The van der Waals surface area contributed by atoms with Crippen LogP contribution in [0.2, 0.25) is 0 Å². The second-order valence-electron chi connectivity index (χ2n) is 5.20. The van der Waals surface area contributed by atoms with Crippen molar-refractivity contribution in [2.45, 2.75) is 32.2 Å². The number of allylic oxidation sites excluding steroid dienone is 1. The molecule has 19 heavy (non-hydrogen) atoms. The van der Waals surface area contributed by atoms with Crippen molar-refractivity contribution in [3.05, 3.63) is 47.0 Å². The fraction of sp³-hybridized carbons (Fsp3) is 0.438. The maximum absolute atomic E-state index is 12.2. The van der Waals surface area contributed by atoms with E-state index in [1.54, 1.807) is 0 Å². The molecule has 1 heterocycles. The van der Waals surface area contributed by atoms with Gasteiger partial charge in [0.1, 0.15) is 0 Å². The average Bonchev–Trinajstić information content (AvgIpc) is 2.39. The molecule has 1 saturated heterocycles. The van der Waals surface area contributed by atoms with Crippen LogP contribution in [0.1, 0.15) is 37.8 Å². The number of hydrogen-bond acceptors (Lipinski definition) is 1. The SMILES string of the molecule is C=CCC1CCN(C(C)c2ccc(Br)cc2)C(=O)C1. The Morgan fingerprint density at radius 3 is 2.74 bits per heavy atom. The number of likely N-dealkylation sites (tertiary alicyclic amines) is 1. The number of hydrogen-bond donors (Lipinski definition) is 0. The van der Waals surface area contributed by atoms with Gasteiger partial charge in [0.2, 0.25) is 5.91 Å². The summed E-state index contributed by atoms with van der Waals surface area (Å²) in [5, 5.41) is 0. The van der Waals surface area contributed by atoms with Gasteiger partial charge in [-0.3, -0.25) is 4.79 Å². The highest BCUT2D eigenvalue weighted by molar-refractivity contribution is 9.10. The van der Waals surface area contributed by atoms with Gasteiger partial charge in [-0.05, 0) is 43.4 Å². The maximum atomic E-state index is 12.2. The van der Waals surface area contributed by atoms with E-state index in [0.717, 1.165) is 23.9 Å². The van der Waals surface area contributed by atoms with Crippen LogP contribution >= 0.6 is 15.9 Å². The predicted molar refractivity (Wildman–Crippen MR) is 81.8 cm³/mol. The lowest BCUT2D eigenvalue weighted by Crippen LogP contribution is -2.40. The van der Waals surface area contributed by atoms with Crippen molar-refractivity contribution in [2.24, 2.45) is 5.92 Å². The Labute approximate surface area is 123 Å². The van der Waals surface area contributed by atoms with Gasteiger partial charge in [0.25, 0.3) is 0 Å². The molecular formula is C16H20BrNO. The molecule has 1 aromatic rings. The number of halogens is 1. The maximum Gasteiger partial charge on any atom is 0.223 e. The minimum atomic E-state index is 0.158. The minimum absolute atomic E-state index is 0.158. The normalized spacial score (nSPS) is 21.3. The van der Waals surface area contributed by atoms with Crippen LogP contribution in [0.3, 0.4) is 0 Å². The first-order valence-electron chi connectivity index (χ1n) is 6.77. The summed E-state index contributed by atoms with van der Waals surface area (Å²) in [5.74, 6) is 0.756. The minimum Gasteiger partial charge on any atom is -0.336 e. The summed E-state index contributed by atoms with van der Waals surface area (Å²) in [6.45, 7) is 6.72. The molecule has 0 spiro atoms. The van der Waals surface area contributed by atoms with Gasteiger partial charge in [-0.1, -0.05) is 34.1 Å². The highest BCUT2D eigenvalue weighted by Gasteiger charge is 2.28. The van der Waals surface area contributed by atoms with Crippen LogP contribution < -0.4 is 0 Å². The van der Waals surface area contributed by atoms with Crippen molar-refractivity contribution in [3.63, 3.8) is 0 Å². The van der Waals surface area contributed by atoms with Crippen LogP contribution in [0, 0.1) is 5.92 Å². The second kappa shape index (κ2) is 6.38. The lowest BCUT2D eigenvalue weighted by molar-refractivity contribution is -0.137. The van der Waals surface area contributed by atoms with Crippen LogP contribution in [-0.4, -0.2) is 17.4 Å². The molecule has 1 aromatic carbocycles. The zero-order valence-electron chi connectivity index (χ0n) is 11.3. The van der Waals surface area contributed by atoms with Gasteiger partial charge in [0.05, 0.1) is 6.04 Å². The summed E-state index contributed by atoms with van der Waals surface area (Å²) in [7, 11) is 0. The number of nitrogens with zero attached hydrogens (tertiary/aromatic N) is 1. The Morgan fingerprint density at radius 2 is 2.16 bits per heavy atom. The Balaban J connectivity index is 2.04. The van der Waals surface area contributed by atoms with E-state index in [0.29, 0.717) is 12.3 Å². The summed E-state index contributed by atoms with van der Waals surface area (Å²) in [4.78, 5) is 14.2. The van der Waals surface area contributed by atoms with Gasteiger partial charge in [-0.25, -0.2) is 0 Å². The van der Waals surface area contributed by atoms with Crippen molar-refractivity contribution in [1.82, 2.24) is 4.90 Å². The van der Waals surface area contributed by atoms with Crippen molar-refractivity contribution in [3.8, 4) is 0 Å². The van der Waals surface area contributed by atoms with E-state index in [9.17, 15) is 4.79 Å². The van der Waals surface area contributed by atoms with Gasteiger partial charge >= 0.3 is 0 Å². The number of benzene rings is 1. The fourth-order valence-electron chi connectivity index (χ4n) is 2.68. The molecule has 1 amide bonds. The largest absolute Gasteiger partial charge is 0.336 e. The predicted octanol–water partition coefficient (Wildman–Crippen LogP) is 4.32. The average molecular weight is 322 g/mol. The molecule has 102 valence electrons. The van der Waals surface area contributed by atoms with E-state index in [4.69, 9.17) is 0 Å². The van der Waals surface area contributed by atoms with Crippen molar-refractivity contribution in [2.75, 3.05) is 6.54 Å². The van der Waals surface area contributed by atoms with Crippen LogP contribution in [0.15, 0.2) is 41.4 Å². The van der Waals surface area contributed by atoms with Crippen molar-refractivity contribution in [1.29, 1.82) is 0 Å². The van der Waals surface area contributed by atoms with E-state index in [2.05, 4.69) is 41.6 Å². The third-order valence-electron chi connectivity index (χ3n) is 3.88. The summed E-state index contributed by atoms with van der Waals surface area (Å²) in [6.07, 6.45) is 4.61. The lowest BCUT2D eigenvalue weighted by atomic mass is 9.91. The van der Waals surface area contributed by atoms with E-state index in [1.807, 2.05) is 23.1 Å². The van der Waals surface area contributed by atoms with E-state index >= 15 is 0 Å².